The Balaban J connectivity index is 2.02. The average molecular weight is 312 g/mol. The summed E-state index contributed by atoms with van der Waals surface area (Å²) in [4.78, 5) is 11.8. The number of halogens is 1. The Labute approximate surface area is 116 Å². The lowest BCUT2D eigenvalue weighted by atomic mass is 9.68. The van der Waals surface area contributed by atoms with E-state index < -0.39 is 0 Å². The predicted octanol–water partition coefficient (Wildman–Crippen LogP) is 3.51. The standard InChI is InChI=1S/C14H18BrNO2/c1-10-8-11(4-5-12(10)15)16-9-14(6-3-7-14)13(17)18-2/h4-5,8,16H,3,6-7,9H2,1-2H3. The smallest absolute Gasteiger partial charge is 0.313 e. The summed E-state index contributed by atoms with van der Waals surface area (Å²) in [7, 11) is 1.46. The fourth-order valence-corrected chi connectivity index (χ4v) is 2.55. The lowest BCUT2D eigenvalue weighted by molar-refractivity contribution is -0.157. The molecule has 1 aromatic carbocycles. The molecule has 1 saturated carbocycles. The van der Waals surface area contributed by atoms with Crippen molar-refractivity contribution in [1.29, 1.82) is 0 Å². The summed E-state index contributed by atoms with van der Waals surface area (Å²) in [6.45, 7) is 2.70. The fourth-order valence-electron chi connectivity index (χ4n) is 2.30. The number of ether oxygens (including phenoxy) is 1. The largest absolute Gasteiger partial charge is 0.469 e. The molecular formula is C14H18BrNO2. The average Bonchev–Trinajstić information content (AvgIpc) is 2.31. The molecule has 0 aromatic heterocycles. The van der Waals surface area contributed by atoms with Crippen molar-refractivity contribution in [3.8, 4) is 0 Å². The molecule has 0 unspecified atom stereocenters. The SMILES string of the molecule is COC(=O)C1(CNc2ccc(Br)c(C)c2)CCC1. The topological polar surface area (TPSA) is 38.3 Å². The number of benzene rings is 1. The van der Waals surface area contributed by atoms with Crippen LogP contribution in [-0.2, 0) is 9.53 Å². The fraction of sp³-hybridized carbons (Fsp3) is 0.500. The van der Waals surface area contributed by atoms with Crippen LogP contribution in [0.4, 0.5) is 5.69 Å². The van der Waals surface area contributed by atoms with Gasteiger partial charge in [0.05, 0.1) is 12.5 Å². The summed E-state index contributed by atoms with van der Waals surface area (Å²) in [6.07, 6.45) is 2.94. The van der Waals surface area contributed by atoms with Gasteiger partial charge in [-0.15, -0.1) is 0 Å². The van der Waals surface area contributed by atoms with E-state index in [1.807, 2.05) is 12.1 Å². The molecule has 0 bridgehead atoms. The van der Waals surface area contributed by atoms with E-state index in [2.05, 4.69) is 34.2 Å². The zero-order chi connectivity index (χ0) is 13.2. The molecule has 0 heterocycles. The van der Waals surface area contributed by atoms with Crippen LogP contribution >= 0.6 is 15.9 Å². The lowest BCUT2D eigenvalue weighted by Crippen LogP contribution is -2.44. The van der Waals surface area contributed by atoms with Gasteiger partial charge in [-0.1, -0.05) is 22.4 Å². The van der Waals surface area contributed by atoms with E-state index in [-0.39, 0.29) is 11.4 Å². The third-order valence-corrected chi connectivity index (χ3v) is 4.61. The van der Waals surface area contributed by atoms with Crippen molar-refractivity contribution < 1.29 is 9.53 Å². The molecule has 98 valence electrons. The van der Waals surface area contributed by atoms with E-state index in [1.54, 1.807) is 0 Å². The molecule has 0 spiro atoms. The first-order chi connectivity index (χ1) is 8.57. The number of carbonyl (C=O) groups excluding carboxylic acids is 1. The summed E-state index contributed by atoms with van der Waals surface area (Å²) in [5.74, 6) is -0.0879. The highest BCUT2D eigenvalue weighted by Gasteiger charge is 2.45. The number of anilines is 1. The second kappa shape index (κ2) is 5.31. The molecule has 1 aromatic rings. The van der Waals surface area contributed by atoms with Crippen LogP contribution in [0.25, 0.3) is 0 Å². The number of aryl methyl sites for hydroxylation is 1. The van der Waals surface area contributed by atoms with Crippen molar-refractivity contribution in [3.63, 3.8) is 0 Å². The highest BCUT2D eigenvalue weighted by Crippen LogP contribution is 2.42. The van der Waals surface area contributed by atoms with Crippen LogP contribution in [0.1, 0.15) is 24.8 Å². The molecule has 3 nitrogen and oxygen atoms in total. The summed E-state index contributed by atoms with van der Waals surface area (Å²) >= 11 is 3.48. The van der Waals surface area contributed by atoms with Crippen molar-refractivity contribution in [2.45, 2.75) is 26.2 Å². The number of carbonyl (C=O) groups is 1. The van der Waals surface area contributed by atoms with Crippen LogP contribution in [-0.4, -0.2) is 19.6 Å². The Bertz CT molecular complexity index is 455. The van der Waals surface area contributed by atoms with Crippen molar-refractivity contribution in [2.24, 2.45) is 5.41 Å². The van der Waals surface area contributed by atoms with Crippen molar-refractivity contribution in [2.75, 3.05) is 19.0 Å². The normalized spacial score (nSPS) is 16.8. The first kappa shape index (κ1) is 13.4. The summed E-state index contributed by atoms with van der Waals surface area (Å²) < 4.78 is 6.00. The van der Waals surface area contributed by atoms with Gasteiger partial charge in [-0.25, -0.2) is 0 Å². The Morgan fingerprint density at radius 2 is 2.22 bits per heavy atom. The molecule has 0 radical (unpaired) electrons. The monoisotopic (exact) mass is 311 g/mol. The number of rotatable bonds is 4. The van der Waals surface area contributed by atoms with E-state index in [1.165, 1.54) is 12.7 Å². The highest BCUT2D eigenvalue weighted by molar-refractivity contribution is 9.10. The van der Waals surface area contributed by atoms with Crippen molar-refractivity contribution in [1.82, 2.24) is 0 Å². The third-order valence-electron chi connectivity index (χ3n) is 3.72. The van der Waals surface area contributed by atoms with Crippen molar-refractivity contribution >= 4 is 27.6 Å². The van der Waals surface area contributed by atoms with Gasteiger partial charge in [-0.2, -0.15) is 0 Å². The maximum atomic E-state index is 11.8. The van der Waals surface area contributed by atoms with Crippen LogP contribution in [0.3, 0.4) is 0 Å². The first-order valence-corrected chi connectivity index (χ1v) is 6.95. The first-order valence-electron chi connectivity index (χ1n) is 6.16. The molecule has 1 N–H and O–H groups in total. The minimum Gasteiger partial charge on any atom is -0.469 e. The van der Waals surface area contributed by atoms with Crippen LogP contribution in [0.5, 0.6) is 0 Å². The number of hydrogen-bond acceptors (Lipinski definition) is 3. The second-order valence-corrected chi connectivity index (χ2v) is 5.80. The molecule has 18 heavy (non-hydrogen) atoms. The van der Waals surface area contributed by atoms with E-state index in [0.29, 0.717) is 6.54 Å². The van der Waals surface area contributed by atoms with Gasteiger partial charge in [0, 0.05) is 16.7 Å². The van der Waals surface area contributed by atoms with Gasteiger partial charge in [0.2, 0.25) is 0 Å². The Morgan fingerprint density at radius 3 is 2.72 bits per heavy atom. The van der Waals surface area contributed by atoms with Crippen LogP contribution in [0.15, 0.2) is 22.7 Å². The van der Waals surface area contributed by atoms with Gasteiger partial charge < -0.3 is 10.1 Å². The van der Waals surface area contributed by atoms with Crippen molar-refractivity contribution in [3.05, 3.63) is 28.2 Å². The van der Waals surface area contributed by atoms with E-state index in [0.717, 1.165) is 29.4 Å². The van der Waals surface area contributed by atoms with Crippen LogP contribution < -0.4 is 5.32 Å². The Morgan fingerprint density at radius 1 is 1.50 bits per heavy atom. The molecule has 0 amide bonds. The van der Waals surface area contributed by atoms with Gasteiger partial charge in [-0.05, 0) is 43.5 Å². The summed E-state index contributed by atoms with van der Waals surface area (Å²) in [6, 6.07) is 6.11. The number of hydrogen-bond donors (Lipinski definition) is 1. The van der Waals surface area contributed by atoms with Crippen LogP contribution in [0, 0.1) is 12.3 Å². The molecule has 0 atom stereocenters. The number of methoxy groups -OCH3 is 1. The molecule has 1 fully saturated rings. The minimum absolute atomic E-state index is 0.0879. The second-order valence-electron chi connectivity index (χ2n) is 4.94. The number of esters is 1. The molecular weight excluding hydrogens is 294 g/mol. The van der Waals surface area contributed by atoms with Gasteiger partial charge in [0.25, 0.3) is 0 Å². The maximum Gasteiger partial charge on any atom is 0.313 e. The Kier molecular flexibility index (Phi) is 3.95. The maximum absolute atomic E-state index is 11.8. The van der Waals surface area contributed by atoms with Gasteiger partial charge in [0.1, 0.15) is 0 Å². The zero-order valence-corrected chi connectivity index (χ0v) is 12.3. The zero-order valence-electron chi connectivity index (χ0n) is 10.8. The molecule has 4 heteroatoms. The van der Waals surface area contributed by atoms with E-state index >= 15 is 0 Å². The van der Waals surface area contributed by atoms with Crippen LogP contribution in [0.2, 0.25) is 0 Å². The molecule has 0 saturated heterocycles. The molecule has 1 aliphatic rings. The van der Waals surface area contributed by atoms with E-state index in [4.69, 9.17) is 4.74 Å². The van der Waals surface area contributed by atoms with Gasteiger partial charge in [-0.3, -0.25) is 4.79 Å². The summed E-state index contributed by atoms with van der Waals surface area (Å²) in [5.41, 5.74) is 1.92. The van der Waals surface area contributed by atoms with Gasteiger partial charge in [0.15, 0.2) is 0 Å². The van der Waals surface area contributed by atoms with E-state index in [9.17, 15) is 4.79 Å². The lowest BCUT2D eigenvalue weighted by Gasteiger charge is -2.39. The molecule has 1 aliphatic carbocycles. The molecule has 0 aliphatic heterocycles. The highest BCUT2D eigenvalue weighted by atomic mass is 79.9. The Hall–Kier alpha value is -1.03. The van der Waals surface area contributed by atoms with Gasteiger partial charge >= 0.3 is 5.97 Å². The predicted molar refractivity (Wildman–Crippen MR) is 75.7 cm³/mol. The quantitative estimate of drug-likeness (QED) is 0.865. The number of nitrogens with one attached hydrogen (secondary N) is 1. The minimum atomic E-state index is -0.310. The third kappa shape index (κ3) is 2.53. The molecule has 2 rings (SSSR count). The summed E-state index contributed by atoms with van der Waals surface area (Å²) in [5, 5.41) is 3.35.